The third-order valence-electron chi connectivity index (χ3n) is 5.88. The van der Waals surface area contributed by atoms with Crippen molar-refractivity contribution in [2.75, 3.05) is 20.1 Å². The van der Waals surface area contributed by atoms with Crippen molar-refractivity contribution in [1.82, 2.24) is 16.0 Å². The van der Waals surface area contributed by atoms with Gasteiger partial charge >= 0.3 is 0 Å². The molecule has 0 radical (unpaired) electrons. The molecule has 0 aromatic heterocycles. The Labute approximate surface area is 271 Å². The fraction of sp³-hybridized carbons (Fsp3) is 0.472. The average molecular weight is 619 g/mol. The van der Waals surface area contributed by atoms with Crippen LogP contribution in [0.3, 0.4) is 0 Å². The molecule has 5 N–H and O–H groups in total. The number of nitrogens with two attached hydrogens (primary N) is 1. The van der Waals surface area contributed by atoms with E-state index < -0.39 is 17.6 Å². The number of carbonyl (C=O) groups is 3. The number of benzene rings is 2. The van der Waals surface area contributed by atoms with Crippen LogP contribution in [0.15, 0.2) is 79.4 Å². The fourth-order valence-electron chi connectivity index (χ4n) is 3.74. The summed E-state index contributed by atoms with van der Waals surface area (Å²) in [7, 11) is 1.67. The molecule has 2 rings (SSSR count). The van der Waals surface area contributed by atoms with Crippen LogP contribution >= 0.6 is 0 Å². The minimum Gasteiger partial charge on any atom is -0.354 e. The molecule has 0 bridgehead atoms. The highest BCUT2D eigenvalue weighted by atomic mass is 16.2. The standard InChI is InChI=1S/C16H25N5O3.C10H13N.C6H6.C4H10/c1-4-12(7-11(2)21-15(23)10-19-3)14(9-18)16(24)20-6-5-13(22)8-17;1-2-10(11)8-9-6-4-3-5-7-9;1-2-4-6-5-3-1;1-4(2)3/h11-12,14,19H,4-7,10H2,1-3H3,(H,20,24)(H,21,23);2-7,10H,1,8,11H2;1-6H;4H,1-3H3. The Morgan fingerprint density at radius 2 is 1.47 bits per heavy atom. The third-order valence-corrected chi connectivity index (χ3v) is 5.88. The van der Waals surface area contributed by atoms with Crippen molar-refractivity contribution in [1.29, 1.82) is 10.5 Å². The topological polar surface area (TPSA) is 161 Å². The molecule has 0 aliphatic rings. The Balaban J connectivity index is 0. The average Bonchev–Trinajstić information content (AvgIpc) is 3.02. The van der Waals surface area contributed by atoms with Gasteiger partial charge in [0.2, 0.25) is 17.6 Å². The molecule has 2 amide bonds. The maximum atomic E-state index is 12.1. The van der Waals surface area contributed by atoms with Gasteiger partial charge in [0, 0.05) is 25.0 Å². The molecule has 0 heterocycles. The van der Waals surface area contributed by atoms with Crippen LogP contribution in [0, 0.1) is 40.4 Å². The van der Waals surface area contributed by atoms with Crippen LogP contribution in [0.25, 0.3) is 0 Å². The predicted octanol–water partition coefficient (Wildman–Crippen LogP) is 4.96. The molecule has 4 unspecified atom stereocenters. The van der Waals surface area contributed by atoms with Gasteiger partial charge in [-0.1, -0.05) is 107 Å². The third kappa shape index (κ3) is 25.9. The summed E-state index contributed by atoms with van der Waals surface area (Å²) in [5.41, 5.74) is 6.95. The van der Waals surface area contributed by atoms with Gasteiger partial charge in [-0.05, 0) is 44.2 Å². The smallest absolute Gasteiger partial charge is 0.237 e. The summed E-state index contributed by atoms with van der Waals surface area (Å²) in [5.74, 6) is -1.46. The minimum atomic E-state index is -0.865. The first kappa shape index (κ1) is 42.8. The van der Waals surface area contributed by atoms with Crippen molar-refractivity contribution < 1.29 is 14.4 Å². The Kier molecular flexibility index (Phi) is 27.1. The number of hydrogen-bond acceptors (Lipinski definition) is 7. The molecule has 0 aliphatic carbocycles. The van der Waals surface area contributed by atoms with E-state index in [1.807, 2.05) is 74.5 Å². The van der Waals surface area contributed by atoms with Gasteiger partial charge < -0.3 is 21.7 Å². The first-order chi connectivity index (χ1) is 21.4. The van der Waals surface area contributed by atoms with Crippen LogP contribution in [0.2, 0.25) is 0 Å². The van der Waals surface area contributed by atoms with E-state index >= 15 is 0 Å². The molecule has 4 atom stereocenters. The molecule has 0 aliphatic heterocycles. The number of carbonyl (C=O) groups excluding carboxylic acids is 3. The number of nitriles is 2. The lowest BCUT2D eigenvalue weighted by atomic mass is 9.85. The SMILES string of the molecule is C=CC(N)Cc1ccccc1.CC(C)C.CCC(CC(C)NC(=O)CNC)C(C#N)C(=O)NCCC(=O)C#N.c1ccccc1. The lowest BCUT2D eigenvalue weighted by molar-refractivity contribution is -0.125. The van der Waals surface area contributed by atoms with Crippen molar-refractivity contribution in [3.05, 3.63) is 84.9 Å². The Hall–Kier alpha value is -4.31. The maximum Gasteiger partial charge on any atom is 0.237 e. The predicted molar refractivity (Wildman–Crippen MR) is 183 cm³/mol. The summed E-state index contributed by atoms with van der Waals surface area (Å²) in [6.45, 7) is 14.1. The van der Waals surface area contributed by atoms with Crippen molar-refractivity contribution in [3.8, 4) is 12.1 Å². The van der Waals surface area contributed by atoms with E-state index in [1.165, 1.54) is 11.6 Å². The van der Waals surface area contributed by atoms with Crippen LogP contribution in [0.5, 0.6) is 0 Å². The van der Waals surface area contributed by atoms with E-state index in [1.54, 1.807) is 13.1 Å². The number of likely N-dealkylation sites (N-methyl/N-ethyl adjacent to an activating group) is 1. The molecule has 45 heavy (non-hydrogen) atoms. The highest BCUT2D eigenvalue weighted by Gasteiger charge is 2.28. The second-order valence-electron chi connectivity index (χ2n) is 11.1. The zero-order valence-corrected chi connectivity index (χ0v) is 28.0. The van der Waals surface area contributed by atoms with E-state index in [0.29, 0.717) is 12.8 Å². The van der Waals surface area contributed by atoms with Gasteiger partial charge in [-0.3, -0.25) is 14.4 Å². The summed E-state index contributed by atoms with van der Waals surface area (Å²) in [4.78, 5) is 34.6. The van der Waals surface area contributed by atoms with Gasteiger partial charge in [0.1, 0.15) is 12.0 Å². The summed E-state index contributed by atoms with van der Waals surface area (Å²) >= 11 is 0. The molecule has 0 fully saturated rings. The second-order valence-corrected chi connectivity index (χ2v) is 11.1. The molecule has 246 valence electrons. The van der Waals surface area contributed by atoms with Gasteiger partial charge in [-0.25, -0.2) is 0 Å². The number of Topliss-reactive ketones (excluding diaryl/α,β-unsaturated/α-hetero) is 1. The molecule has 0 saturated carbocycles. The number of rotatable bonds is 14. The Bertz CT molecular complexity index is 1110. The van der Waals surface area contributed by atoms with Gasteiger partial charge in [-0.2, -0.15) is 10.5 Å². The zero-order chi connectivity index (χ0) is 34.5. The van der Waals surface area contributed by atoms with Crippen LogP contribution < -0.4 is 21.7 Å². The highest BCUT2D eigenvalue weighted by Crippen LogP contribution is 2.21. The van der Waals surface area contributed by atoms with Crippen molar-refractivity contribution in [2.45, 2.75) is 72.4 Å². The van der Waals surface area contributed by atoms with Gasteiger partial charge in [0.15, 0.2) is 0 Å². The quantitative estimate of drug-likeness (QED) is 0.172. The molecule has 0 spiro atoms. The molecule has 9 nitrogen and oxygen atoms in total. The van der Waals surface area contributed by atoms with E-state index in [4.69, 9.17) is 11.0 Å². The monoisotopic (exact) mass is 618 g/mol. The van der Waals surface area contributed by atoms with Crippen LogP contribution in [0.1, 0.15) is 59.4 Å². The summed E-state index contributed by atoms with van der Waals surface area (Å²) < 4.78 is 0. The van der Waals surface area contributed by atoms with Crippen LogP contribution in [0.4, 0.5) is 0 Å². The molecule has 2 aromatic carbocycles. The lowest BCUT2D eigenvalue weighted by Gasteiger charge is -2.24. The Morgan fingerprint density at radius 3 is 1.89 bits per heavy atom. The van der Waals surface area contributed by atoms with E-state index in [2.05, 4.69) is 55.4 Å². The molecular weight excluding hydrogens is 564 g/mol. The van der Waals surface area contributed by atoms with E-state index in [0.717, 1.165) is 12.3 Å². The fourth-order valence-corrected chi connectivity index (χ4v) is 3.74. The second kappa shape index (κ2) is 28.5. The van der Waals surface area contributed by atoms with E-state index in [-0.39, 0.29) is 43.4 Å². The summed E-state index contributed by atoms with van der Waals surface area (Å²) in [6, 6.07) is 25.6. The van der Waals surface area contributed by atoms with Crippen LogP contribution in [-0.2, 0) is 20.8 Å². The van der Waals surface area contributed by atoms with E-state index in [9.17, 15) is 19.6 Å². The molecule has 2 aromatic rings. The molecule has 9 heteroatoms. The Morgan fingerprint density at radius 1 is 0.956 bits per heavy atom. The zero-order valence-electron chi connectivity index (χ0n) is 28.0. The molecular formula is C36H54N6O3. The molecule has 0 saturated heterocycles. The number of amides is 2. The first-order valence-electron chi connectivity index (χ1n) is 15.4. The highest BCUT2D eigenvalue weighted by molar-refractivity contribution is 5.93. The number of hydrogen-bond donors (Lipinski definition) is 4. The van der Waals surface area contributed by atoms with Crippen molar-refractivity contribution in [2.24, 2.45) is 23.5 Å². The van der Waals surface area contributed by atoms with Crippen molar-refractivity contribution >= 4 is 17.6 Å². The van der Waals surface area contributed by atoms with Gasteiger partial charge in [0.05, 0.1) is 12.6 Å². The maximum absolute atomic E-state index is 12.1. The van der Waals surface area contributed by atoms with Gasteiger partial charge in [-0.15, -0.1) is 6.58 Å². The number of nitrogens with zero attached hydrogens (tertiary/aromatic N) is 2. The largest absolute Gasteiger partial charge is 0.354 e. The number of nitrogens with one attached hydrogen (secondary N) is 3. The summed E-state index contributed by atoms with van der Waals surface area (Å²) in [6.07, 6.45) is 3.68. The van der Waals surface area contributed by atoms with Crippen LogP contribution in [-0.4, -0.2) is 49.8 Å². The number of ketones is 1. The first-order valence-corrected chi connectivity index (χ1v) is 15.4. The summed E-state index contributed by atoms with van der Waals surface area (Å²) in [5, 5.41) is 25.8. The minimum absolute atomic E-state index is 0.0360. The van der Waals surface area contributed by atoms with Gasteiger partial charge in [0.25, 0.3) is 0 Å². The van der Waals surface area contributed by atoms with Crippen molar-refractivity contribution in [3.63, 3.8) is 0 Å². The lowest BCUT2D eigenvalue weighted by Crippen LogP contribution is -2.41. The normalized spacial score (nSPS) is 12.2.